The summed E-state index contributed by atoms with van der Waals surface area (Å²) in [5.74, 6) is -1.40. The molecule has 0 saturated heterocycles. The van der Waals surface area contributed by atoms with Crippen LogP contribution >= 0.6 is 0 Å². The molecule has 0 atom stereocenters. The van der Waals surface area contributed by atoms with E-state index < -0.39 is 11.6 Å². The summed E-state index contributed by atoms with van der Waals surface area (Å²) in [5, 5.41) is 0. The number of hydrogen-bond donors (Lipinski definition) is 0. The van der Waals surface area contributed by atoms with Gasteiger partial charge in [-0.3, -0.25) is 0 Å². The minimum atomic E-state index is -0.825. The van der Waals surface area contributed by atoms with E-state index >= 15 is 0 Å². The minimum absolute atomic E-state index is 0.0116. The van der Waals surface area contributed by atoms with Gasteiger partial charge in [0.25, 0.3) is 0 Å². The average molecular weight is 378 g/mol. The minimum Gasteiger partial charge on any atom is -0.491 e. The lowest BCUT2D eigenvalue weighted by molar-refractivity contribution is 0.0118. The molecule has 0 radical (unpaired) electrons. The van der Waals surface area contributed by atoms with Gasteiger partial charge in [-0.1, -0.05) is 18.2 Å². The largest absolute Gasteiger partial charge is 0.491 e. The summed E-state index contributed by atoms with van der Waals surface area (Å²) in [7, 11) is 0. The molecular weight excluding hydrogens is 353 g/mol. The quantitative estimate of drug-likeness (QED) is 0.609. The van der Waals surface area contributed by atoms with Crippen LogP contribution in [0.5, 0.6) is 5.75 Å². The van der Waals surface area contributed by atoms with E-state index in [1.807, 2.05) is 13.0 Å². The van der Waals surface area contributed by atoms with Gasteiger partial charge in [0.1, 0.15) is 0 Å². The summed E-state index contributed by atoms with van der Waals surface area (Å²) in [4.78, 5) is 0. The Bertz CT molecular complexity index is 783. The van der Waals surface area contributed by atoms with E-state index in [0.29, 0.717) is 12.2 Å². The van der Waals surface area contributed by atoms with Crippen LogP contribution in [0, 0.1) is 24.4 Å². The monoisotopic (exact) mass is 378 g/mol. The van der Waals surface area contributed by atoms with E-state index in [2.05, 4.69) is 0 Å². The molecule has 0 bridgehead atoms. The van der Waals surface area contributed by atoms with Gasteiger partial charge >= 0.3 is 0 Å². The molecule has 0 N–H and O–H groups in total. The van der Waals surface area contributed by atoms with Gasteiger partial charge in [-0.25, -0.2) is 13.2 Å². The lowest BCUT2D eigenvalue weighted by Gasteiger charge is -2.29. The second kappa shape index (κ2) is 8.79. The van der Waals surface area contributed by atoms with Crippen molar-refractivity contribution < 1.29 is 22.6 Å². The zero-order valence-corrected chi connectivity index (χ0v) is 15.7. The molecule has 1 aliphatic rings. The van der Waals surface area contributed by atoms with Crippen molar-refractivity contribution >= 4 is 0 Å². The van der Waals surface area contributed by atoms with Gasteiger partial charge in [0.2, 0.25) is 0 Å². The first-order chi connectivity index (χ1) is 13.0. The molecule has 0 aliphatic heterocycles. The number of aryl methyl sites for hydroxylation is 1. The summed E-state index contributed by atoms with van der Waals surface area (Å²) < 4.78 is 52.7. The number of ether oxygens (including phenoxy) is 2. The Morgan fingerprint density at radius 2 is 1.70 bits per heavy atom. The van der Waals surface area contributed by atoms with Crippen molar-refractivity contribution in [1.29, 1.82) is 0 Å². The Kier molecular flexibility index (Phi) is 6.42. The predicted octanol–water partition coefficient (Wildman–Crippen LogP) is 6.05. The highest BCUT2D eigenvalue weighted by Gasteiger charge is 2.24. The van der Waals surface area contributed by atoms with Crippen LogP contribution in [0.2, 0.25) is 0 Å². The van der Waals surface area contributed by atoms with Crippen LogP contribution in [0.3, 0.4) is 0 Å². The van der Waals surface area contributed by atoms with E-state index in [1.54, 1.807) is 24.3 Å². The summed E-state index contributed by atoms with van der Waals surface area (Å²) in [6, 6.07) is 8.30. The van der Waals surface area contributed by atoms with Gasteiger partial charge in [0.05, 0.1) is 19.3 Å². The van der Waals surface area contributed by atoms with E-state index in [1.165, 1.54) is 6.92 Å². The molecule has 5 heteroatoms. The second-order valence-electron chi connectivity index (χ2n) is 7.08. The van der Waals surface area contributed by atoms with E-state index in [4.69, 9.17) is 9.47 Å². The van der Waals surface area contributed by atoms with Crippen LogP contribution in [-0.2, 0) is 11.3 Å². The predicted molar refractivity (Wildman–Crippen MR) is 98.5 cm³/mol. The van der Waals surface area contributed by atoms with Crippen LogP contribution in [0.15, 0.2) is 30.3 Å². The molecule has 0 aromatic heterocycles. The molecule has 0 spiro atoms. The first kappa shape index (κ1) is 19.7. The zero-order chi connectivity index (χ0) is 19.4. The SMILES string of the molecule is CCOc1ccc(C2CCC(OCc3ccc(C)c(F)c3F)CC2)cc1F. The first-order valence-corrected chi connectivity index (χ1v) is 9.47. The molecule has 1 aliphatic carbocycles. The number of hydrogen-bond acceptors (Lipinski definition) is 2. The maximum absolute atomic E-state index is 14.1. The Morgan fingerprint density at radius 1 is 0.963 bits per heavy atom. The standard InChI is InChI=1S/C22H25F3O2/c1-3-26-20-11-8-16(12-19(20)23)15-6-9-18(10-7-15)27-13-17-5-4-14(2)21(24)22(17)25/h4-5,8,11-12,15,18H,3,6-7,9-10,13H2,1-2H3. The van der Waals surface area contributed by atoms with Crippen LogP contribution in [0.4, 0.5) is 13.2 Å². The normalized spacial score (nSPS) is 19.9. The molecule has 0 amide bonds. The first-order valence-electron chi connectivity index (χ1n) is 9.47. The Hall–Kier alpha value is -2.01. The highest BCUT2D eigenvalue weighted by atomic mass is 19.2. The summed E-state index contributed by atoms with van der Waals surface area (Å²) in [6.07, 6.45) is 3.40. The summed E-state index contributed by atoms with van der Waals surface area (Å²) in [6.45, 7) is 3.86. The number of halogens is 3. The molecular formula is C22H25F3O2. The van der Waals surface area contributed by atoms with Crippen LogP contribution in [-0.4, -0.2) is 12.7 Å². The van der Waals surface area contributed by atoms with Gasteiger partial charge in [-0.05, 0) is 68.7 Å². The fourth-order valence-electron chi connectivity index (χ4n) is 3.61. The van der Waals surface area contributed by atoms with Gasteiger partial charge < -0.3 is 9.47 Å². The second-order valence-corrected chi connectivity index (χ2v) is 7.08. The number of rotatable bonds is 6. The molecule has 146 valence electrons. The summed E-state index contributed by atoms with van der Waals surface area (Å²) in [5.41, 5.74) is 1.51. The average Bonchev–Trinajstić information content (AvgIpc) is 2.68. The molecule has 2 aromatic carbocycles. The maximum atomic E-state index is 14.1. The topological polar surface area (TPSA) is 18.5 Å². The molecule has 1 fully saturated rings. The highest BCUT2D eigenvalue weighted by molar-refractivity contribution is 5.31. The molecule has 27 heavy (non-hydrogen) atoms. The molecule has 2 aromatic rings. The van der Waals surface area contributed by atoms with Gasteiger partial charge in [-0.2, -0.15) is 0 Å². The van der Waals surface area contributed by atoms with Gasteiger partial charge in [0.15, 0.2) is 23.2 Å². The van der Waals surface area contributed by atoms with E-state index in [-0.39, 0.29) is 35.8 Å². The fraction of sp³-hybridized carbons (Fsp3) is 0.455. The molecule has 3 rings (SSSR count). The Labute approximate surface area is 158 Å². The van der Waals surface area contributed by atoms with Crippen molar-refractivity contribution in [2.24, 2.45) is 0 Å². The summed E-state index contributed by atoms with van der Waals surface area (Å²) >= 11 is 0. The van der Waals surface area contributed by atoms with Crippen LogP contribution in [0.1, 0.15) is 55.2 Å². The van der Waals surface area contributed by atoms with E-state index in [9.17, 15) is 13.2 Å². The van der Waals surface area contributed by atoms with Crippen molar-refractivity contribution in [2.75, 3.05) is 6.61 Å². The number of benzene rings is 2. The van der Waals surface area contributed by atoms with E-state index in [0.717, 1.165) is 31.2 Å². The molecule has 1 saturated carbocycles. The lowest BCUT2D eigenvalue weighted by atomic mass is 9.82. The van der Waals surface area contributed by atoms with Crippen molar-refractivity contribution in [1.82, 2.24) is 0 Å². The Balaban J connectivity index is 1.53. The fourth-order valence-corrected chi connectivity index (χ4v) is 3.61. The third-order valence-corrected chi connectivity index (χ3v) is 5.23. The van der Waals surface area contributed by atoms with Gasteiger partial charge in [-0.15, -0.1) is 0 Å². The van der Waals surface area contributed by atoms with Crippen LogP contribution < -0.4 is 4.74 Å². The maximum Gasteiger partial charge on any atom is 0.165 e. The van der Waals surface area contributed by atoms with Crippen molar-refractivity contribution in [3.05, 3.63) is 64.5 Å². The smallest absolute Gasteiger partial charge is 0.165 e. The van der Waals surface area contributed by atoms with Crippen molar-refractivity contribution in [2.45, 2.75) is 58.2 Å². The third kappa shape index (κ3) is 4.64. The molecule has 2 nitrogen and oxygen atoms in total. The van der Waals surface area contributed by atoms with Crippen molar-refractivity contribution in [3.63, 3.8) is 0 Å². The van der Waals surface area contributed by atoms with Crippen molar-refractivity contribution in [3.8, 4) is 5.75 Å². The molecule has 0 unspecified atom stereocenters. The van der Waals surface area contributed by atoms with Gasteiger partial charge in [0, 0.05) is 5.56 Å². The highest BCUT2D eigenvalue weighted by Crippen LogP contribution is 2.36. The third-order valence-electron chi connectivity index (χ3n) is 5.23. The van der Waals surface area contributed by atoms with Crippen LogP contribution in [0.25, 0.3) is 0 Å². The molecule has 0 heterocycles. The zero-order valence-electron chi connectivity index (χ0n) is 15.7. The lowest BCUT2D eigenvalue weighted by Crippen LogP contribution is -2.21. The Morgan fingerprint density at radius 3 is 2.37 bits per heavy atom.